The van der Waals surface area contributed by atoms with E-state index in [9.17, 15) is 14.4 Å². The maximum absolute atomic E-state index is 16.1. The van der Waals surface area contributed by atoms with Crippen molar-refractivity contribution in [1.82, 2.24) is 20.2 Å². The number of aromatic nitrogens is 2. The molecule has 0 spiro atoms. The molecule has 260 valence electrons. The van der Waals surface area contributed by atoms with E-state index < -0.39 is 59.6 Å². The minimum atomic E-state index is -3.36. The summed E-state index contributed by atoms with van der Waals surface area (Å²) in [6.07, 6.45) is 2.62. The maximum Gasteiger partial charge on any atom is 0.408 e. The van der Waals surface area contributed by atoms with Crippen LogP contribution in [0.2, 0.25) is 0 Å². The molecule has 4 heterocycles. The Kier molecular flexibility index (Phi) is 8.70. The Bertz CT molecular complexity index is 1570. The molecule has 2 aromatic rings. The molecule has 2 saturated carbocycles. The number of alkyl halides is 2. The standard InChI is InChI=1S/C35H44F2N4O7/c1-19-26(18-42)41-17-28(19)47-31-29(38-24-8-7-21(45-3)16-25(24)39-31)35(36,37)9-5-4-6-22-23-14-20(23)15-27(22)48-33(44)40-30(32(41)43)34(2)10-12-46-13-11-34/h7-8,16,18-20,22-23,26-28,30H,4-6,9-15,17H2,1-3H3,(H,40,44)/t19-,20?,22+,23?,26+,27+,28-,30+/m0/s1. The van der Waals surface area contributed by atoms with Gasteiger partial charge in [-0.05, 0) is 68.4 Å². The molecule has 2 unspecified atom stereocenters. The van der Waals surface area contributed by atoms with Crippen molar-refractivity contribution in [2.24, 2.45) is 29.1 Å². The Balaban J connectivity index is 1.27. The van der Waals surface area contributed by atoms with Gasteiger partial charge in [0.15, 0.2) is 5.69 Å². The van der Waals surface area contributed by atoms with Gasteiger partial charge in [0, 0.05) is 37.0 Å². The van der Waals surface area contributed by atoms with E-state index in [1.165, 1.54) is 12.0 Å². The Labute approximate surface area is 278 Å². The summed E-state index contributed by atoms with van der Waals surface area (Å²) in [5.74, 6) is -3.26. The summed E-state index contributed by atoms with van der Waals surface area (Å²) < 4.78 is 55.5. The number of nitrogens with zero attached hydrogens (tertiary/aromatic N) is 3. The number of amides is 2. The molecule has 5 aliphatic rings. The number of hydrogen-bond acceptors (Lipinski definition) is 9. The predicted octanol–water partition coefficient (Wildman–Crippen LogP) is 5.03. The lowest BCUT2D eigenvalue weighted by atomic mass is 9.75. The molecule has 2 amide bonds. The first-order chi connectivity index (χ1) is 23.0. The lowest BCUT2D eigenvalue weighted by molar-refractivity contribution is -0.142. The van der Waals surface area contributed by atoms with Gasteiger partial charge in [-0.25, -0.2) is 14.8 Å². The zero-order chi connectivity index (χ0) is 33.8. The molecule has 8 atom stereocenters. The third kappa shape index (κ3) is 6.07. The maximum atomic E-state index is 16.1. The number of benzene rings is 1. The predicted molar refractivity (Wildman–Crippen MR) is 169 cm³/mol. The number of methoxy groups -OCH3 is 1. The van der Waals surface area contributed by atoms with E-state index >= 15 is 8.78 Å². The fourth-order valence-corrected chi connectivity index (χ4v) is 8.49. The van der Waals surface area contributed by atoms with Crippen molar-refractivity contribution in [2.45, 2.75) is 95.4 Å². The third-order valence-corrected chi connectivity index (χ3v) is 11.7. The lowest BCUT2D eigenvalue weighted by Crippen LogP contribution is -2.59. The highest BCUT2D eigenvalue weighted by Crippen LogP contribution is 2.58. The van der Waals surface area contributed by atoms with Crippen LogP contribution in [0.3, 0.4) is 0 Å². The Morgan fingerprint density at radius 3 is 2.56 bits per heavy atom. The summed E-state index contributed by atoms with van der Waals surface area (Å²) in [7, 11) is 1.50. The monoisotopic (exact) mass is 670 g/mol. The molecule has 2 aliphatic carbocycles. The number of rotatable bonds is 3. The molecular weight excluding hydrogens is 626 g/mol. The number of alkyl carbamates (subject to hydrolysis) is 1. The number of halogens is 2. The smallest absolute Gasteiger partial charge is 0.408 e. The molecule has 2 saturated heterocycles. The second-order valence-electron chi connectivity index (χ2n) is 14.7. The van der Waals surface area contributed by atoms with Crippen LogP contribution in [-0.4, -0.2) is 84.3 Å². The van der Waals surface area contributed by atoms with Crippen LogP contribution in [0.25, 0.3) is 11.0 Å². The van der Waals surface area contributed by atoms with E-state index in [2.05, 4.69) is 15.3 Å². The summed E-state index contributed by atoms with van der Waals surface area (Å²) in [5, 5.41) is 2.93. The van der Waals surface area contributed by atoms with Gasteiger partial charge >= 0.3 is 6.09 Å². The first-order valence-corrected chi connectivity index (χ1v) is 17.2. The topological polar surface area (TPSA) is 129 Å². The van der Waals surface area contributed by atoms with E-state index in [1.807, 2.05) is 6.92 Å². The van der Waals surface area contributed by atoms with Gasteiger partial charge in [0.2, 0.25) is 11.8 Å². The fourth-order valence-electron chi connectivity index (χ4n) is 8.49. The highest BCUT2D eigenvalue weighted by atomic mass is 19.3. The highest BCUT2D eigenvalue weighted by Gasteiger charge is 2.55. The lowest BCUT2D eigenvalue weighted by Gasteiger charge is -2.41. The van der Waals surface area contributed by atoms with Crippen molar-refractivity contribution in [3.05, 3.63) is 23.9 Å². The molecule has 1 aromatic carbocycles. The first kappa shape index (κ1) is 32.9. The van der Waals surface area contributed by atoms with Crippen LogP contribution in [0, 0.1) is 29.1 Å². The number of hydrogen-bond donors (Lipinski definition) is 1. The zero-order valence-electron chi connectivity index (χ0n) is 27.7. The molecule has 1 N–H and O–H groups in total. The molecular formula is C35H44F2N4O7. The normalized spacial score (nSPS) is 34.7. The second kappa shape index (κ2) is 12.7. The number of nitrogens with one attached hydrogen (secondary N) is 1. The molecule has 0 radical (unpaired) electrons. The van der Waals surface area contributed by atoms with Crippen LogP contribution in [0.1, 0.15) is 70.9 Å². The third-order valence-electron chi connectivity index (χ3n) is 11.7. The fraction of sp³-hybridized carbons (Fsp3) is 0.686. The van der Waals surface area contributed by atoms with Crippen LogP contribution >= 0.6 is 0 Å². The summed E-state index contributed by atoms with van der Waals surface area (Å²) in [5.41, 5.74) is -0.640. The van der Waals surface area contributed by atoms with Gasteiger partial charge < -0.3 is 34.0 Å². The molecule has 4 fully saturated rings. The van der Waals surface area contributed by atoms with Crippen molar-refractivity contribution < 1.29 is 42.1 Å². The largest absolute Gasteiger partial charge is 0.497 e. The van der Waals surface area contributed by atoms with Crippen molar-refractivity contribution in [1.29, 1.82) is 0 Å². The summed E-state index contributed by atoms with van der Waals surface area (Å²) in [6, 6.07) is 2.91. The number of carbonyl (C=O) groups excluding carboxylic acids is 3. The quantitative estimate of drug-likeness (QED) is 0.447. The molecule has 1 aromatic heterocycles. The number of carbonyl (C=O) groups is 3. The number of fused-ring (bicyclic) bond motifs is 7. The number of ether oxygens (including phenoxy) is 4. The van der Waals surface area contributed by atoms with Crippen LogP contribution < -0.4 is 14.8 Å². The molecule has 48 heavy (non-hydrogen) atoms. The van der Waals surface area contributed by atoms with E-state index in [4.69, 9.17) is 18.9 Å². The van der Waals surface area contributed by atoms with Crippen LogP contribution in [0.5, 0.6) is 11.6 Å². The van der Waals surface area contributed by atoms with Gasteiger partial charge in [0.25, 0.3) is 5.92 Å². The van der Waals surface area contributed by atoms with Crippen LogP contribution in [0.15, 0.2) is 18.2 Å². The molecule has 11 nitrogen and oxygen atoms in total. The molecule has 7 rings (SSSR count). The number of aldehydes is 1. The Hall–Kier alpha value is -3.61. The van der Waals surface area contributed by atoms with Gasteiger partial charge in [-0.15, -0.1) is 0 Å². The SMILES string of the molecule is COc1ccc2nc3c(nc2c1)O[C@H]1CN(C(=O)[C@H](C2(C)CCOCC2)NC(=O)O[C@@H]2CC4CC4[C@H]2CCCCC3(F)F)[C@H](C=O)[C@@H]1C. The van der Waals surface area contributed by atoms with Gasteiger partial charge in [-0.2, -0.15) is 8.78 Å². The van der Waals surface area contributed by atoms with E-state index in [0.29, 0.717) is 68.3 Å². The molecule has 2 bridgehead atoms. The van der Waals surface area contributed by atoms with Gasteiger partial charge in [-0.3, -0.25) is 4.79 Å². The Morgan fingerprint density at radius 1 is 1.02 bits per heavy atom. The summed E-state index contributed by atoms with van der Waals surface area (Å²) in [4.78, 5) is 50.9. The average Bonchev–Trinajstić information content (AvgIpc) is 3.65. The highest BCUT2D eigenvalue weighted by molar-refractivity contribution is 5.89. The van der Waals surface area contributed by atoms with Gasteiger partial charge in [0.05, 0.1) is 30.7 Å². The van der Waals surface area contributed by atoms with E-state index in [1.54, 1.807) is 25.1 Å². The minimum Gasteiger partial charge on any atom is -0.497 e. The van der Waals surface area contributed by atoms with Gasteiger partial charge in [-0.1, -0.05) is 20.3 Å². The van der Waals surface area contributed by atoms with E-state index in [0.717, 1.165) is 12.8 Å². The van der Waals surface area contributed by atoms with Crippen molar-refractivity contribution in [3.8, 4) is 11.6 Å². The van der Waals surface area contributed by atoms with Crippen molar-refractivity contribution in [2.75, 3.05) is 26.9 Å². The Morgan fingerprint density at radius 2 is 1.81 bits per heavy atom. The minimum absolute atomic E-state index is 0.0693. The van der Waals surface area contributed by atoms with Gasteiger partial charge in [0.1, 0.15) is 30.3 Å². The zero-order valence-corrected chi connectivity index (χ0v) is 27.7. The molecule has 3 aliphatic heterocycles. The summed E-state index contributed by atoms with van der Waals surface area (Å²) in [6.45, 7) is 4.46. The van der Waals surface area contributed by atoms with Crippen molar-refractivity contribution >= 4 is 29.3 Å². The van der Waals surface area contributed by atoms with Crippen LogP contribution in [0.4, 0.5) is 13.6 Å². The van der Waals surface area contributed by atoms with Crippen molar-refractivity contribution in [3.63, 3.8) is 0 Å². The average molecular weight is 671 g/mol. The first-order valence-electron chi connectivity index (χ1n) is 17.2. The second-order valence-corrected chi connectivity index (χ2v) is 14.7. The molecule has 13 heteroatoms. The summed E-state index contributed by atoms with van der Waals surface area (Å²) >= 11 is 0. The van der Waals surface area contributed by atoms with E-state index in [-0.39, 0.29) is 36.4 Å². The van der Waals surface area contributed by atoms with Crippen LogP contribution in [-0.2, 0) is 25.0 Å².